The summed E-state index contributed by atoms with van der Waals surface area (Å²) >= 11 is 9.03. The van der Waals surface area contributed by atoms with E-state index >= 15 is 0 Å². The van der Waals surface area contributed by atoms with Crippen LogP contribution in [-0.2, 0) is 9.59 Å². The smallest absolute Gasteiger partial charge is 0.301 e. The van der Waals surface area contributed by atoms with Crippen molar-refractivity contribution in [2.75, 3.05) is 11.5 Å². The summed E-state index contributed by atoms with van der Waals surface area (Å²) in [4.78, 5) is 33.7. The molecule has 6 nitrogen and oxygen atoms in total. The quantitative estimate of drug-likeness (QED) is 0.152. The number of Topliss-reactive ketones (excluding diaryl/α,β-unsaturated/α-hetero) is 1. The summed E-state index contributed by atoms with van der Waals surface area (Å²) in [6.07, 6.45) is 0. The Morgan fingerprint density at radius 3 is 2.68 bits per heavy atom. The summed E-state index contributed by atoms with van der Waals surface area (Å²) in [5.74, 6) is -0.832. The normalized spacial score (nSPS) is 17.4. The number of carbonyl (C=O) groups excluding carboxylic acids is 2. The Kier molecular flexibility index (Phi) is 6.83. The van der Waals surface area contributed by atoms with Crippen molar-refractivity contribution in [3.8, 4) is 5.75 Å². The Morgan fingerprint density at radius 2 is 2.00 bits per heavy atom. The van der Waals surface area contributed by atoms with E-state index < -0.39 is 17.7 Å². The van der Waals surface area contributed by atoms with Gasteiger partial charge >= 0.3 is 5.91 Å². The number of rotatable bonds is 6. The topological polar surface area (TPSA) is 79.7 Å². The van der Waals surface area contributed by atoms with Gasteiger partial charge in [0.05, 0.1) is 22.4 Å². The Morgan fingerprint density at radius 1 is 1.22 bits per heavy atom. The average molecular weight is 553 g/mol. The van der Waals surface area contributed by atoms with E-state index in [0.29, 0.717) is 27.8 Å². The fourth-order valence-electron chi connectivity index (χ4n) is 4.48. The predicted octanol–water partition coefficient (Wildman–Crippen LogP) is 7.47. The van der Waals surface area contributed by atoms with Crippen LogP contribution in [0.15, 0.2) is 53.4 Å². The van der Waals surface area contributed by atoms with Crippen LogP contribution in [0.3, 0.4) is 0 Å². The van der Waals surface area contributed by atoms with Gasteiger partial charge in [0.2, 0.25) is 0 Å². The minimum atomic E-state index is -0.800. The van der Waals surface area contributed by atoms with Crippen molar-refractivity contribution in [1.29, 1.82) is 0 Å². The number of nitrogens with zero attached hydrogens (tertiary/aromatic N) is 2. The molecule has 5 rings (SSSR count). The van der Waals surface area contributed by atoms with Crippen molar-refractivity contribution in [3.05, 3.63) is 80.0 Å². The van der Waals surface area contributed by atoms with E-state index in [1.165, 1.54) is 27.6 Å². The van der Waals surface area contributed by atoms with Crippen LogP contribution in [0.4, 0.5) is 5.13 Å². The van der Waals surface area contributed by atoms with Crippen molar-refractivity contribution < 1.29 is 19.4 Å². The maximum absolute atomic E-state index is 13.4. The van der Waals surface area contributed by atoms with E-state index in [4.69, 9.17) is 16.3 Å². The number of halogens is 1. The molecule has 1 aliphatic heterocycles. The number of hydrogen-bond acceptors (Lipinski definition) is 7. The lowest BCUT2D eigenvalue weighted by atomic mass is 9.95. The Bertz CT molecular complexity index is 1520. The first-order valence-corrected chi connectivity index (χ1v) is 14.0. The monoisotopic (exact) mass is 552 g/mol. The summed E-state index contributed by atoms with van der Waals surface area (Å²) in [5.41, 5.74) is 2.96. The number of aromatic nitrogens is 1. The fraction of sp³-hybridized carbons (Fsp3) is 0.250. The third kappa shape index (κ3) is 4.43. The third-order valence-corrected chi connectivity index (χ3v) is 8.68. The predicted molar refractivity (Wildman–Crippen MR) is 150 cm³/mol. The highest BCUT2D eigenvalue weighted by molar-refractivity contribution is 7.22. The molecule has 1 unspecified atom stereocenters. The van der Waals surface area contributed by atoms with Crippen molar-refractivity contribution in [2.24, 2.45) is 0 Å². The van der Waals surface area contributed by atoms with Crippen LogP contribution in [0.1, 0.15) is 54.3 Å². The molecule has 2 aromatic heterocycles. The molecule has 1 N–H and O–H groups in total. The number of hydrogen-bond donors (Lipinski definition) is 1. The van der Waals surface area contributed by atoms with Gasteiger partial charge in [-0.25, -0.2) is 4.98 Å². The van der Waals surface area contributed by atoms with Crippen molar-refractivity contribution in [3.63, 3.8) is 0 Å². The van der Waals surface area contributed by atoms with Crippen molar-refractivity contribution in [2.45, 2.75) is 39.7 Å². The molecule has 9 heteroatoms. The largest absolute Gasteiger partial charge is 0.507 e. The van der Waals surface area contributed by atoms with Gasteiger partial charge in [-0.15, -0.1) is 11.3 Å². The molecule has 1 amide bonds. The van der Waals surface area contributed by atoms with E-state index in [9.17, 15) is 14.7 Å². The zero-order chi connectivity index (χ0) is 26.4. The van der Waals surface area contributed by atoms with Gasteiger partial charge in [-0.05, 0) is 72.7 Å². The molecule has 3 heterocycles. The minimum Gasteiger partial charge on any atom is -0.507 e. The van der Waals surface area contributed by atoms with Gasteiger partial charge < -0.3 is 9.84 Å². The molecule has 37 heavy (non-hydrogen) atoms. The number of carbonyl (C=O) groups is 2. The molecule has 0 radical (unpaired) electrons. The lowest BCUT2D eigenvalue weighted by molar-refractivity contribution is -0.132. The molecule has 0 bridgehead atoms. The molecule has 2 aromatic carbocycles. The van der Waals surface area contributed by atoms with Gasteiger partial charge in [0.1, 0.15) is 17.6 Å². The summed E-state index contributed by atoms with van der Waals surface area (Å²) in [5, 5.41) is 14.3. The first kappa shape index (κ1) is 25.4. The fourth-order valence-corrected chi connectivity index (χ4v) is 6.53. The first-order chi connectivity index (χ1) is 17.7. The highest BCUT2D eigenvalue weighted by Crippen LogP contribution is 2.46. The van der Waals surface area contributed by atoms with Crippen LogP contribution in [0, 0.1) is 6.92 Å². The number of aliphatic hydroxyl groups excluding tert-OH is 1. The molecule has 1 saturated heterocycles. The van der Waals surface area contributed by atoms with Gasteiger partial charge in [-0.3, -0.25) is 14.5 Å². The molecule has 190 valence electrons. The summed E-state index contributed by atoms with van der Waals surface area (Å²) in [7, 11) is 0. The Hall–Kier alpha value is -3.20. The molecule has 0 aliphatic carbocycles. The van der Waals surface area contributed by atoms with Gasteiger partial charge in [0, 0.05) is 15.5 Å². The number of fused-ring (bicyclic) bond motifs is 1. The second-order valence-corrected chi connectivity index (χ2v) is 11.5. The van der Waals surface area contributed by atoms with Gasteiger partial charge in [0.15, 0.2) is 5.13 Å². The standard InChI is InChI=1S/C28H25ClN2O4S2/c1-5-35-20-9-8-16(12-17(20)14(2)3)25(32)23-24(21-7-6-10-36-21)31(27(34)26(23)33)28-30-19-13-18(29)15(4)11-22(19)37-28/h6-14,24,32H,5H2,1-4H3/b25-23+. The van der Waals surface area contributed by atoms with Gasteiger partial charge in [0.25, 0.3) is 5.78 Å². The molecule has 0 saturated carbocycles. The van der Waals surface area contributed by atoms with Crippen LogP contribution < -0.4 is 9.64 Å². The molecule has 1 fully saturated rings. The van der Waals surface area contributed by atoms with Crippen LogP contribution in [-0.4, -0.2) is 28.4 Å². The molecule has 1 aliphatic rings. The van der Waals surface area contributed by atoms with Crippen LogP contribution in [0.25, 0.3) is 16.0 Å². The summed E-state index contributed by atoms with van der Waals surface area (Å²) < 4.78 is 6.61. The molecular formula is C28H25ClN2O4S2. The van der Waals surface area contributed by atoms with Crippen molar-refractivity contribution in [1.82, 2.24) is 4.98 Å². The maximum Gasteiger partial charge on any atom is 0.301 e. The lowest BCUT2D eigenvalue weighted by Gasteiger charge is -2.21. The zero-order valence-corrected chi connectivity index (χ0v) is 23.1. The van der Waals surface area contributed by atoms with Crippen LogP contribution in [0.5, 0.6) is 5.75 Å². The number of anilines is 1. The minimum absolute atomic E-state index is 0.0415. The highest BCUT2D eigenvalue weighted by Gasteiger charge is 2.48. The molecular weight excluding hydrogens is 528 g/mol. The second-order valence-electron chi connectivity index (χ2n) is 9.09. The lowest BCUT2D eigenvalue weighted by Crippen LogP contribution is -2.28. The van der Waals surface area contributed by atoms with Crippen LogP contribution in [0.2, 0.25) is 5.02 Å². The Balaban J connectivity index is 1.68. The number of amides is 1. The number of thiazole rings is 1. The molecule has 0 spiro atoms. The SMILES string of the molecule is CCOc1ccc(/C(O)=C2\C(=O)C(=O)N(c3nc4cc(Cl)c(C)cc4s3)C2c2cccs2)cc1C(C)C. The third-order valence-electron chi connectivity index (χ3n) is 6.33. The molecule has 4 aromatic rings. The zero-order valence-electron chi connectivity index (χ0n) is 20.7. The summed E-state index contributed by atoms with van der Waals surface area (Å²) in [6, 6.07) is 11.9. The van der Waals surface area contributed by atoms with E-state index in [2.05, 4.69) is 4.98 Å². The average Bonchev–Trinajstić information content (AvgIpc) is 3.58. The molecule has 1 atom stereocenters. The number of aryl methyl sites for hydroxylation is 1. The van der Waals surface area contributed by atoms with Gasteiger partial charge in [-0.2, -0.15) is 0 Å². The summed E-state index contributed by atoms with van der Waals surface area (Å²) in [6.45, 7) is 8.40. The number of ether oxygens (including phenoxy) is 1. The Labute approximate surface area is 227 Å². The number of benzene rings is 2. The number of ketones is 1. The second kappa shape index (κ2) is 9.93. The maximum atomic E-state index is 13.4. The van der Waals surface area contributed by atoms with E-state index in [-0.39, 0.29) is 17.3 Å². The number of thiophene rings is 1. The highest BCUT2D eigenvalue weighted by atomic mass is 35.5. The van der Waals surface area contributed by atoms with E-state index in [0.717, 1.165) is 26.5 Å². The van der Waals surface area contributed by atoms with Crippen LogP contribution >= 0.6 is 34.3 Å². The van der Waals surface area contributed by atoms with Crippen molar-refractivity contribution >= 4 is 67.1 Å². The van der Waals surface area contributed by atoms with Gasteiger partial charge in [-0.1, -0.05) is 42.9 Å². The first-order valence-electron chi connectivity index (χ1n) is 11.9. The number of aliphatic hydroxyl groups is 1. The van der Waals surface area contributed by atoms with E-state index in [1.54, 1.807) is 18.2 Å². The van der Waals surface area contributed by atoms with E-state index in [1.807, 2.05) is 57.3 Å².